The van der Waals surface area contributed by atoms with E-state index in [0.29, 0.717) is 23.8 Å². The molecular weight excluding hydrogens is 276 g/mol. The summed E-state index contributed by atoms with van der Waals surface area (Å²) in [6, 6.07) is 7.14. The van der Waals surface area contributed by atoms with Crippen molar-refractivity contribution in [2.75, 3.05) is 26.7 Å². The van der Waals surface area contributed by atoms with Crippen LogP contribution in [0.1, 0.15) is 12.5 Å². The average molecular weight is 298 g/mol. The van der Waals surface area contributed by atoms with E-state index in [-0.39, 0.29) is 6.61 Å². The van der Waals surface area contributed by atoms with Crippen LogP contribution in [0.5, 0.6) is 5.75 Å². The minimum atomic E-state index is -0.632. The van der Waals surface area contributed by atoms with Gasteiger partial charge in [0, 0.05) is 18.7 Å². The number of hydrogen-bond donors (Lipinski definition) is 3. The Morgan fingerprint density at radius 3 is 2.70 bits per heavy atom. The van der Waals surface area contributed by atoms with E-state index >= 15 is 0 Å². The van der Waals surface area contributed by atoms with E-state index in [1.807, 2.05) is 18.0 Å². The predicted molar refractivity (Wildman–Crippen MR) is 83.0 cm³/mol. The van der Waals surface area contributed by atoms with Crippen molar-refractivity contribution >= 4 is 17.2 Å². The Hall–Kier alpha value is -1.21. The highest BCUT2D eigenvalue weighted by atomic mass is 32.1. The van der Waals surface area contributed by atoms with Gasteiger partial charge in [-0.15, -0.1) is 0 Å². The maximum Gasteiger partial charge on any atom is 0.120 e. The number of rotatable bonds is 8. The summed E-state index contributed by atoms with van der Waals surface area (Å²) in [5.74, 6) is 0.618. The van der Waals surface area contributed by atoms with Gasteiger partial charge in [0.25, 0.3) is 0 Å². The molecule has 1 rings (SSSR count). The monoisotopic (exact) mass is 298 g/mol. The van der Waals surface area contributed by atoms with Gasteiger partial charge in [-0.25, -0.2) is 0 Å². The number of ether oxygens (including phenoxy) is 1. The van der Waals surface area contributed by atoms with E-state index in [2.05, 4.69) is 0 Å². The highest BCUT2D eigenvalue weighted by Crippen LogP contribution is 2.13. The summed E-state index contributed by atoms with van der Waals surface area (Å²) >= 11 is 4.90. The largest absolute Gasteiger partial charge is 0.491 e. The molecule has 0 heterocycles. The lowest BCUT2D eigenvalue weighted by Gasteiger charge is -2.21. The number of aliphatic hydroxyl groups is 2. The molecule has 0 saturated carbocycles. The van der Waals surface area contributed by atoms with Gasteiger partial charge in [0.2, 0.25) is 0 Å². The van der Waals surface area contributed by atoms with E-state index in [1.54, 1.807) is 25.1 Å². The molecule has 5 nitrogen and oxygen atoms in total. The Bertz CT molecular complexity index is 440. The number of likely N-dealkylation sites (N-methyl/N-ethyl adjacent to an activating group) is 1. The molecule has 0 aromatic heterocycles. The molecule has 0 amide bonds. The second-order valence-electron chi connectivity index (χ2n) is 4.93. The van der Waals surface area contributed by atoms with Crippen molar-refractivity contribution in [1.82, 2.24) is 4.90 Å². The predicted octanol–water partition coefficient (Wildman–Crippen LogP) is 0.373. The minimum Gasteiger partial charge on any atom is -0.491 e. The van der Waals surface area contributed by atoms with Crippen LogP contribution in [0.25, 0.3) is 0 Å². The summed E-state index contributed by atoms with van der Waals surface area (Å²) in [6.07, 6.45) is -1.05. The first-order valence-electron chi connectivity index (χ1n) is 6.46. The maximum absolute atomic E-state index is 9.87. The van der Waals surface area contributed by atoms with Gasteiger partial charge in [-0.2, -0.15) is 0 Å². The molecule has 6 heteroatoms. The Kier molecular flexibility index (Phi) is 6.87. The average Bonchev–Trinajstić information content (AvgIpc) is 2.35. The van der Waals surface area contributed by atoms with Gasteiger partial charge in [0.15, 0.2) is 0 Å². The smallest absolute Gasteiger partial charge is 0.120 e. The molecule has 2 unspecified atom stereocenters. The van der Waals surface area contributed by atoms with Crippen LogP contribution in [0.3, 0.4) is 0 Å². The maximum atomic E-state index is 9.87. The Balaban J connectivity index is 2.42. The fourth-order valence-electron chi connectivity index (χ4n) is 1.87. The van der Waals surface area contributed by atoms with Crippen molar-refractivity contribution in [3.05, 3.63) is 29.8 Å². The van der Waals surface area contributed by atoms with Crippen LogP contribution in [0.15, 0.2) is 24.3 Å². The zero-order chi connectivity index (χ0) is 15.1. The van der Waals surface area contributed by atoms with Crippen molar-refractivity contribution in [2.45, 2.75) is 19.1 Å². The minimum absolute atomic E-state index is 0.172. The second-order valence-corrected chi connectivity index (χ2v) is 5.37. The number of nitrogens with two attached hydrogens (primary N) is 1. The number of nitrogens with zero attached hydrogens (tertiary/aromatic N) is 1. The standard InChI is InChI=1S/C14H22N2O3S/c1-10(17)7-16(2)8-12(18)9-19-13-5-3-4-11(6-13)14(15)20/h3-6,10,12,17-18H,7-9H2,1-2H3,(H2,15,20). The fourth-order valence-corrected chi connectivity index (χ4v) is 2.00. The Morgan fingerprint density at radius 2 is 2.10 bits per heavy atom. The highest BCUT2D eigenvalue weighted by Gasteiger charge is 2.11. The SMILES string of the molecule is CC(O)CN(C)CC(O)COc1cccc(C(N)=S)c1. The normalized spacial score (nSPS) is 14.1. The molecule has 0 aliphatic rings. The van der Waals surface area contributed by atoms with Crippen LogP contribution in [-0.4, -0.2) is 59.1 Å². The summed E-state index contributed by atoms with van der Waals surface area (Å²) in [5.41, 5.74) is 6.28. The van der Waals surface area contributed by atoms with Crippen molar-refractivity contribution < 1.29 is 14.9 Å². The summed E-state index contributed by atoms with van der Waals surface area (Å²) in [6.45, 7) is 2.82. The lowest BCUT2D eigenvalue weighted by atomic mass is 10.2. The van der Waals surface area contributed by atoms with E-state index in [1.165, 1.54) is 0 Å². The molecule has 0 spiro atoms. The first kappa shape index (κ1) is 16.8. The molecule has 4 N–H and O–H groups in total. The molecule has 0 aliphatic carbocycles. The van der Waals surface area contributed by atoms with E-state index < -0.39 is 12.2 Å². The number of thiocarbonyl (C=S) groups is 1. The zero-order valence-electron chi connectivity index (χ0n) is 11.8. The third-order valence-corrected chi connectivity index (χ3v) is 2.89. The number of hydrogen-bond acceptors (Lipinski definition) is 5. The van der Waals surface area contributed by atoms with Gasteiger partial charge in [0.05, 0.1) is 6.10 Å². The first-order chi connectivity index (χ1) is 9.38. The van der Waals surface area contributed by atoms with Crippen LogP contribution < -0.4 is 10.5 Å². The Labute approximate surface area is 125 Å². The van der Waals surface area contributed by atoms with Gasteiger partial charge in [-0.1, -0.05) is 24.4 Å². The molecular formula is C14H22N2O3S. The third kappa shape index (κ3) is 6.29. The van der Waals surface area contributed by atoms with E-state index in [4.69, 9.17) is 22.7 Å². The molecule has 1 aromatic carbocycles. The quantitative estimate of drug-likeness (QED) is 0.602. The van der Waals surface area contributed by atoms with Crippen LogP contribution in [-0.2, 0) is 0 Å². The summed E-state index contributed by atoms with van der Waals surface area (Å²) in [5, 5.41) is 19.1. The summed E-state index contributed by atoms with van der Waals surface area (Å²) in [7, 11) is 1.84. The molecule has 0 aliphatic heterocycles. The van der Waals surface area contributed by atoms with Gasteiger partial charge < -0.3 is 25.6 Å². The molecule has 112 valence electrons. The lowest BCUT2D eigenvalue weighted by Crippen LogP contribution is -2.36. The van der Waals surface area contributed by atoms with Crippen LogP contribution in [0, 0.1) is 0 Å². The summed E-state index contributed by atoms with van der Waals surface area (Å²) in [4.78, 5) is 2.16. The van der Waals surface area contributed by atoms with Crippen LogP contribution >= 0.6 is 12.2 Å². The van der Waals surface area contributed by atoms with E-state index in [9.17, 15) is 10.2 Å². The van der Waals surface area contributed by atoms with Crippen molar-refractivity contribution in [1.29, 1.82) is 0 Å². The topological polar surface area (TPSA) is 79.0 Å². The van der Waals surface area contributed by atoms with Crippen molar-refractivity contribution in [2.24, 2.45) is 5.73 Å². The highest BCUT2D eigenvalue weighted by molar-refractivity contribution is 7.80. The van der Waals surface area contributed by atoms with Gasteiger partial charge in [0.1, 0.15) is 23.4 Å². The summed E-state index contributed by atoms with van der Waals surface area (Å²) < 4.78 is 5.51. The fraction of sp³-hybridized carbons (Fsp3) is 0.500. The van der Waals surface area contributed by atoms with Gasteiger partial charge >= 0.3 is 0 Å². The second kappa shape index (κ2) is 8.16. The third-order valence-electron chi connectivity index (χ3n) is 2.66. The molecule has 0 fully saturated rings. The van der Waals surface area contributed by atoms with Gasteiger partial charge in [-0.3, -0.25) is 0 Å². The molecule has 20 heavy (non-hydrogen) atoms. The number of benzene rings is 1. The van der Waals surface area contributed by atoms with Gasteiger partial charge in [-0.05, 0) is 26.1 Å². The van der Waals surface area contributed by atoms with Crippen LogP contribution in [0.4, 0.5) is 0 Å². The lowest BCUT2D eigenvalue weighted by molar-refractivity contribution is 0.0598. The molecule has 2 atom stereocenters. The zero-order valence-corrected chi connectivity index (χ0v) is 12.6. The Morgan fingerprint density at radius 1 is 1.40 bits per heavy atom. The van der Waals surface area contributed by atoms with Crippen molar-refractivity contribution in [3.63, 3.8) is 0 Å². The molecule has 1 aromatic rings. The number of aliphatic hydroxyl groups excluding tert-OH is 2. The molecule has 0 radical (unpaired) electrons. The van der Waals surface area contributed by atoms with Crippen LogP contribution in [0.2, 0.25) is 0 Å². The molecule has 0 saturated heterocycles. The van der Waals surface area contributed by atoms with E-state index in [0.717, 1.165) is 5.56 Å². The van der Waals surface area contributed by atoms with Crippen molar-refractivity contribution in [3.8, 4) is 5.75 Å². The molecule has 0 bridgehead atoms. The first-order valence-corrected chi connectivity index (χ1v) is 6.86.